The van der Waals surface area contributed by atoms with Crippen molar-refractivity contribution in [2.75, 3.05) is 26.7 Å². The Balaban J connectivity index is 1.68. The monoisotopic (exact) mass is 244 g/mol. The van der Waals surface area contributed by atoms with Crippen LogP contribution in [0.2, 0.25) is 0 Å². The Morgan fingerprint density at radius 1 is 1.28 bits per heavy atom. The molecule has 0 amide bonds. The van der Waals surface area contributed by atoms with Crippen molar-refractivity contribution in [1.82, 2.24) is 15.6 Å². The number of methoxy groups -OCH3 is 1. The molecule has 2 atom stereocenters. The van der Waals surface area contributed by atoms with Gasteiger partial charge in [-0.05, 0) is 17.7 Å². The first-order valence-electron chi connectivity index (χ1n) is 6.11. The van der Waals surface area contributed by atoms with Gasteiger partial charge in [-0.3, -0.25) is 0 Å². The second-order valence-corrected chi connectivity index (χ2v) is 4.73. The highest BCUT2D eigenvalue weighted by atomic mass is 16.5. The van der Waals surface area contributed by atoms with E-state index in [1.165, 1.54) is 5.56 Å². The third-order valence-corrected chi connectivity index (χ3v) is 3.61. The van der Waals surface area contributed by atoms with Crippen LogP contribution in [0.3, 0.4) is 0 Å². The van der Waals surface area contributed by atoms with Crippen LogP contribution < -0.4 is 5.43 Å². The van der Waals surface area contributed by atoms with E-state index < -0.39 is 0 Å². The number of fused-ring (bicyclic) bond motifs is 1. The first-order valence-corrected chi connectivity index (χ1v) is 6.11. The van der Waals surface area contributed by atoms with Gasteiger partial charge in [0.2, 0.25) is 0 Å². The lowest BCUT2D eigenvalue weighted by Crippen LogP contribution is -2.36. The molecular weight excluding hydrogens is 228 g/mol. The maximum atomic E-state index is 8.79. The second kappa shape index (κ2) is 4.67. The van der Waals surface area contributed by atoms with Gasteiger partial charge < -0.3 is 4.74 Å². The SMILES string of the molecule is COC1CN2CC(c3ccc(C#N)cc3)NN2C1. The number of nitrogens with one attached hydrogen (secondary N) is 1. The molecule has 1 aromatic rings. The molecule has 3 rings (SSSR count). The standard InChI is InChI=1S/C13H16N4O/c1-18-12-7-16-9-13(15-17(16)8-12)11-4-2-10(6-14)3-5-11/h2-5,12-13,15H,7-9H2,1H3. The molecule has 5 nitrogen and oxygen atoms in total. The van der Waals surface area contributed by atoms with E-state index in [4.69, 9.17) is 10.00 Å². The number of nitriles is 1. The summed E-state index contributed by atoms with van der Waals surface area (Å²) >= 11 is 0. The quantitative estimate of drug-likeness (QED) is 0.828. The average Bonchev–Trinajstić information content (AvgIpc) is 2.96. The van der Waals surface area contributed by atoms with E-state index in [-0.39, 0.29) is 0 Å². The summed E-state index contributed by atoms with van der Waals surface area (Å²) in [6.45, 7) is 2.78. The molecule has 2 unspecified atom stereocenters. The number of hydrogen-bond acceptors (Lipinski definition) is 5. The van der Waals surface area contributed by atoms with Gasteiger partial charge in [-0.1, -0.05) is 12.1 Å². The van der Waals surface area contributed by atoms with Crippen LogP contribution in [0.1, 0.15) is 17.2 Å². The van der Waals surface area contributed by atoms with Crippen molar-refractivity contribution in [2.45, 2.75) is 12.1 Å². The van der Waals surface area contributed by atoms with E-state index in [2.05, 4.69) is 21.6 Å². The van der Waals surface area contributed by atoms with E-state index in [9.17, 15) is 0 Å². The minimum absolute atomic E-state index is 0.291. The number of rotatable bonds is 2. The topological polar surface area (TPSA) is 51.5 Å². The molecule has 0 radical (unpaired) electrons. The maximum absolute atomic E-state index is 8.79. The fourth-order valence-electron chi connectivity index (χ4n) is 2.56. The number of hydrazine groups is 2. The van der Waals surface area contributed by atoms with Gasteiger partial charge in [0.25, 0.3) is 0 Å². The van der Waals surface area contributed by atoms with Crippen molar-refractivity contribution >= 4 is 0 Å². The average molecular weight is 244 g/mol. The smallest absolute Gasteiger partial charge is 0.0991 e. The summed E-state index contributed by atoms with van der Waals surface area (Å²) in [5, 5.41) is 13.2. The molecule has 18 heavy (non-hydrogen) atoms. The van der Waals surface area contributed by atoms with E-state index in [0.29, 0.717) is 17.7 Å². The van der Waals surface area contributed by atoms with E-state index in [1.807, 2.05) is 24.3 Å². The van der Waals surface area contributed by atoms with Gasteiger partial charge in [0, 0.05) is 20.2 Å². The Morgan fingerprint density at radius 2 is 2.06 bits per heavy atom. The molecule has 2 fully saturated rings. The fraction of sp³-hybridized carbons (Fsp3) is 0.462. The second-order valence-electron chi connectivity index (χ2n) is 4.73. The highest BCUT2D eigenvalue weighted by Crippen LogP contribution is 2.26. The Hall–Kier alpha value is -1.45. The summed E-state index contributed by atoms with van der Waals surface area (Å²) in [5.74, 6) is 0. The fourth-order valence-corrected chi connectivity index (χ4v) is 2.56. The van der Waals surface area contributed by atoms with Crippen LogP contribution in [-0.4, -0.2) is 43.0 Å². The first kappa shape index (κ1) is 11.6. The zero-order chi connectivity index (χ0) is 12.5. The molecule has 1 aromatic carbocycles. The molecule has 0 bridgehead atoms. The summed E-state index contributed by atoms with van der Waals surface area (Å²) in [4.78, 5) is 0. The summed E-state index contributed by atoms with van der Waals surface area (Å²) in [6.07, 6.45) is 0.291. The lowest BCUT2D eigenvalue weighted by Gasteiger charge is -2.16. The summed E-state index contributed by atoms with van der Waals surface area (Å²) in [7, 11) is 1.76. The van der Waals surface area contributed by atoms with Crippen molar-refractivity contribution in [1.29, 1.82) is 5.26 Å². The molecule has 0 aromatic heterocycles. The molecule has 0 spiro atoms. The molecule has 94 valence electrons. The van der Waals surface area contributed by atoms with Gasteiger partial charge in [-0.25, -0.2) is 10.4 Å². The number of nitrogens with zero attached hydrogens (tertiary/aromatic N) is 3. The Morgan fingerprint density at radius 3 is 2.67 bits per heavy atom. The van der Waals surface area contributed by atoms with Gasteiger partial charge in [-0.15, -0.1) is 0 Å². The van der Waals surface area contributed by atoms with Crippen molar-refractivity contribution < 1.29 is 4.74 Å². The lowest BCUT2D eigenvalue weighted by atomic mass is 10.1. The lowest BCUT2D eigenvalue weighted by molar-refractivity contribution is 0.0428. The van der Waals surface area contributed by atoms with Gasteiger partial charge in [0.1, 0.15) is 0 Å². The third kappa shape index (κ3) is 2.00. The van der Waals surface area contributed by atoms with Crippen LogP contribution in [0.15, 0.2) is 24.3 Å². The van der Waals surface area contributed by atoms with Crippen LogP contribution in [0.25, 0.3) is 0 Å². The normalized spacial score (nSPS) is 28.2. The molecule has 0 aliphatic carbocycles. The van der Waals surface area contributed by atoms with Crippen molar-refractivity contribution in [3.05, 3.63) is 35.4 Å². The number of hydrogen-bond donors (Lipinski definition) is 1. The Labute approximate surface area is 106 Å². The predicted molar refractivity (Wildman–Crippen MR) is 66.1 cm³/mol. The van der Waals surface area contributed by atoms with Crippen LogP contribution in [0.4, 0.5) is 0 Å². The largest absolute Gasteiger partial charge is 0.379 e. The van der Waals surface area contributed by atoms with E-state index >= 15 is 0 Å². The maximum Gasteiger partial charge on any atom is 0.0991 e. The Bertz CT molecular complexity index is 453. The molecule has 2 heterocycles. The highest BCUT2D eigenvalue weighted by Gasteiger charge is 2.38. The molecule has 2 aliphatic rings. The van der Waals surface area contributed by atoms with Crippen molar-refractivity contribution in [3.63, 3.8) is 0 Å². The Kier molecular flexibility index (Phi) is 3.02. The predicted octanol–water partition coefficient (Wildman–Crippen LogP) is 0.665. The van der Waals surface area contributed by atoms with Crippen LogP contribution in [0, 0.1) is 11.3 Å². The van der Waals surface area contributed by atoms with Crippen molar-refractivity contribution in [2.24, 2.45) is 0 Å². The zero-order valence-electron chi connectivity index (χ0n) is 10.3. The molecular formula is C13H16N4O. The third-order valence-electron chi connectivity index (χ3n) is 3.61. The number of ether oxygens (including phenoxy) is 1. The molecule has 2 saturated heterocycles. The van der Waals surface area contributed by atoms with Crippen LogP contribution in [0.5, 0.6) is 0 Å². The first-order chi connectivity index (χ1) is 8.80. The van der Waals surface area contributed by atoms with E-state index in [1.54, 1.807) is 7.11 Å². The van der Waals surface area contributed by atoms with Crippen LogP contribution >= 0.6 is 0 Å². The van der Waals surface area contributed by atoms with Gasteiger partial charge in [0.05, 0.1) is 30.3 Å². The van der Waals surface area contributed by atoms with Crippen molar-refractivity contribution in [3.8, 4) is 6.07 Å². The van der Waals surface area contributed by atoms with E-state index in [0.717, 1.165) is 19.6 Å². The summed E-state index contributed by atoms with van der Waals surface area (Å²) < 4.78 is 5.36. The minimum atomic E-state index is 0.291. The highest BCUT2D eigenvalue weighted by molar-refractivity contribution is 5.33. The molecule has 1 N–H and O–H groups in total. The molecule has 5 heteroatoms. The van der Waals surface area contributed by atoms with Gasteiger partial charge in [-0.2, -0.15) is 10.4 Å². The summed E-state index contributed by atoms with van der Waals surface area (Å²) in [5.41, 5.74) is 5.39. The molecule has 2 aliphatic heterocycles. The zero-order valence-corrected chi connectivity index (χ0v) is 10.3. The summed E-state index contributed by atoms with van der Waals surface area (Å²) in [6, 6.07) is 10.2. The minimum Gasteiger partial charge on any atom is -0.379 e. The molecule has 0 saturated carbocycles. The van der Waals surface area contributed by atoms with Gasteiger partial charge in [0.15, 0.2) is 0 Å². The van der Waals surface area contributed by atoms with Gasteiger partial charge >= 0.3 is 0 Å². The van der Waals surface area contributed by atoms with Crippen LogP contribution in [-0.2, 0) is 4.74 Å². The number of benzene rings is 1.